The maximum atomic E-state index is 11.9. The predicted molar refractivity (Wildman–Crippen MR) is 93.6 cm³/mol. The molecule has 0 aliphatic rings. The summed E-state index contributed by atoms with van der Waals surface area (Å²) in [5.74, 6) is -0.981. The van der Waals surface area contributed by atoms with Gasteiger partial charge in [0.05, 0.1) is 6.26 Å². The summed E-state index contributed by atoms with van der Waals surface area (Å²) in [5, 5.41) is 1.89. The number of thiophene rings is 1. The highest BCUT2D eigenvalue weighted by Crippen LogP contribution is 2.12. The van der Waals surface area contributed by atoms with Gasteiger partial charge in [0.1, 0.15) is 0 Å². The standard InChI is InChI=1S/C16H15NO5S2/c1-24(20,21)17-13-6-4-12(5-7-13)15(18)11-22-16(19)9-8-14-3-2-10-23-14/h2-10,17H,11H2,1H3/b9-8+. The van der Waals surface area contributed by atoms with Gasteiger partial charge < -0.3 is 4.74 Å². The molecule has 0 aliphatic heterocycles. The largest absolute Gasteiger partial charge is 0.454 e. The molecular formula is C16H15NO5S2. The van der Waals surface area contributed by atoms with E-state index in [9.17, 15) is 18.0 Å². The van der Waals surface area contributed by atoms with Crippen LogP contribution >= 0.6 is 11.3 Å². The highest BCUT2D eigenvalue weighted by atomic mass is 32.2. The maximum absolute atomic E-state index is 11.9. The Morgan fingerprint density at radius 1 is 1.21 bits per heavy atom. The van der Waals surface area contributed by atoms with Crippen LogP contribution in [0.1, 0.15) is 15.2 Å². The van der Waals surface area contributed by atoms with Crippen LogP contribution in [0.4, 0.5) is 5.69 Å². The normalized spacial score (nSPS) is 11.4. The number of hydrogen-bond donors (Lipinski definition) is 1. The van der Waals surface area contributed by atoms with Crippen molar-refractivity contribution in [3.05, 3.63) is 58.3 Å². The van der Waals surface area contributed by atoms with Crippen LogP contribution in [0.25, 0.3) is 6.08 Å². The van der Waals surface area contributed by atoms with Crippen molar-refractivity contribution < 1.29 is 22.7 Å². The van der Waals surface area contributed by atoms with Crippen LogP contribution in [0.2, 0.25) is 0 Å². The minimum atomic E-state index is -3.37. The van der Waals surface area contributed by atoms with Gasteiger partial charge in [-0.15, -0.1) is 11.3 Å². The van der Waals surface area contributed by atoms with Gasteiger partial charge in [0.25, 0.3) is 0 Å². The van der Waals surface area contributed by atoms with Crippen molar-refractivity contribution >= 4 is 44.9 Å². The van der Waals surface area contributed by atoms with Crippen LogP contribution in [0.5, 0.6) is 0 Å². The SMILES string of the molecule is CS(=O)(=O)Nc1ccc(C(=O)COC(=O)/C=C/c2cccs2)cc1. The van der Waals surface area contributed by atoms with Gasteiger partial charge in [-0.25, -0.2) is 13.2 Å². The van der Waals surface area contributed by atoms with Gasteiger partial charge in [-0.2, -0.15) is 0 Å². The fraction of sp³-hybridized carbons (Fsp3) is 0.125. The molecule has 126 valence electrons. The lowest BCUT2D eigenvalue weighted by Crippen LogP contribution is -2.13. The molecule has 0 unspecified atom stereocenters. The summed E-state index contributed by atoms with van der Waals surface area (Å²) in [5.41, 5.74) is 0.675. The van der Waals surface area contributed by atoms with E-state index in [-0.39, 0.29) is 12.4 Å². The van der Waals surface area contributed by atoms with Gasteiger partial charge in [-0.3, -0.25) is 9.52 Å². The minimum absolute atomic E-state index is 0.323. The Bertz CT molecular complexity index is 837. The molecule has 0 spiro atoms. The first-order valence-electron chi connectivity index (χ1n) is 6.83. The molecule has 6 nitrogen and oxygen atoms in total. The molecule has 8 heteroatoms. The summed E-state index contributed by atoms with van der Waals surface area (Å²) in [7, 11) is -3.37. The number of carbonyl (C=O) groups is 2. The first-order valence-corrected chi connectivity index (χ1v) is 9.60. The fourth-order valence-electron chi connectivity index (χ4n) is 1.74. The number of Topliss-reactive ketones (excluding diaryl/α,β-unsaturated/α-hetero) is 1. The number of benzene rings is 1. The van der Waals surface area contributed by atoms with Crippen LogP contribution in [0.3, 0.4) is 0 Å². The van der Waals surface area contributed by atoms with Crippen molar-refractivity contribution in [3.63, 3.8) is 0 Å². The smallest absolute Gasteiger partial charge is 0.331 e. The zero-order valence-electron chi connectivity index (χ0n) is 12.8. The zero-order valence-corrected chi connectivity index (χ0v) is 14.4. The molecule has 0 radical (unpaired) electrons. The van der Waals surface area contributed by atoms with E-state index in [0.717, 1.165) is 11.1 Å². The Balaban J connectivity index is 1.87. The number of sulfonamides is 1. The highest BCUT2D eigenvalue weighted by molar-refractivity contribution is 7.92. The monoisotopic (exact) mass is 365 g/mol. The number of esters is 1. The molecule has 0 aliphatic carbocycles. The lowest BCUT2D eigenvalue weighted by molar-refractivity contribution is -0.136. The van der Waals surface area contributed by atoms with E-state index in [1.807, 2.05) is 17.5 Å². The molecule has 24 heavy (non-hydrogen) atoms. The lowest BCUT2D eigenvalue weighted by atomic mass is 10.1. The zero-order chi connectivity index (χ0) is 17.6. The second-order valence-corrected chi connectivity index (χ2v) is 7.56. The number of carbonyl (C=O) groups excluding carboxylic acids is 2. The Morgan fingerprint density at radius 3 is 2.50 bits per heavy atom. The molecule has 2 aromatic rings. The lowest BCUT2D eigenvalue weighted by Gasteiger charge is -2.05. The molecule has 0 amide bonds. The molecular weight excluding hydrogens is 350 g/mol. The molecule has 0 bridgehead atoms. The Kier molecular flexibility index (Phi) is 5.88. The number of ether oxygens (including phenoxy) is 1. The van der Waals surface area contributed by atoms with E-state index in [2.05, 4.69) is 4.72 Å². The van der Waals surface area contributed by atoms with E-state index in [0.29, 0.717) is 11.3 Å². The van der Waals surface area contributed by atoms with E-state index in [1.54, 1.807) is 6.08 Å². The molecule has 1 aromatic heterocycles. The molecule has 1 N–H and O–H groups in total. The molecule has 0 saturated heterocycles. The molecule has 0 fully saturated rings. The van der Waals surface area contributed by atoms with E-state index in [1.165, 1.54) is 41.7 Å². The quantitative estimate of drug-likeness (QED) is 0.463. The third-order valence-electron chi connectivity index (χ3n) is 2.78. The van der Waals surface area contributed by atoms with Gasteiger partial charge in [-0.1, -0.05) is 6.07 Å². The third kappa shape index (κ3) is 5.98. The average Bonchev–Trinajstić information content (AvgIpc) is 3.03. The van der Waals surface area contributed by atoms with Gasteiger partial charge in [0.2, 0.25) is 10.0 Å². The summed E-state index contributed by atoms with van der Waals surface area (Å²) in [6.45, 7) is -0.382. The van der Waals surface area contributed by atoms with E-state index in [4.69, 9.17) is 4.74 Å². The number of ketones is 1. The van der Waals surface area contributed by atoms with Gasteiger partial charge >= 0.3 is 5.97 Å². The Morgan fingerprint density at radius 2 is 1.92 bits per heavy atom. The van der Waals surface area contributed by atoms with E-state index >= 15 is 0 Å². The first-order chi connectivity index (χ1) is 11.3. The van der Waals surface area contributed by atoms with Crippen molar-refractivity contribution in [1.82, 2.24) is 0 Å². The Hall–Kier alpha value is -2.45. The van der Waals surface area contributed by atoms with Crippen molar-refractivity contribution in [1.29, 1.82) is 0 Å². The van der Waals surface area contributed by atoms with Crippen LogP contribution in [-0.4, -0.2) is 33.0 Å². The summed E-state index contributed by atoms with van der Waals surface area (Å²) >= 11 is 1.48. The number of rotatable bonds is 7. The second kappa shape index (κ2) is 7.89. The first kappa shape index (κ1) is 17.9. The summed E-state index contributed by atoms with van der Waals surface area (Å²) in [4.78, 5) is 24.4. The minimum Gasteiger partial charge on any atom is -0.454 e. The van der Waals surface area contributed by atoms with Crippen LogP contribution in [0.15, 0.2) is 47.9 Å². The number of hydrogen-bond acceptors (Lipinski definition) is 6. The summed E-state index contributed by atoms with van der Waals surface area (Å²) < 4.78 is 29.4. The van der Waals surface area contributed by atoms with Crippen molar-refractivity contribution in [3.8, 4) is 0 Å². The van der Waals surface area contributed by atoms with Gasteiger partial charge in [0.15, 0.2) is 12.4 Å². The fourth-order valence-corrected chi connectivity index (χ4v) is 2.92. The predicted octanol–water partition coefficient (Wildman–Crippen LogP) is 2.56. The van der Waals surface area contributed by atoms with Gasteiger partial charge in [0, 0.05) is 22.2 Å². The van der Waals surface area contributed by atoms with Crippen molar-refractivity contribution in [2.45, 2.75) is 0 Å². The molecule has 1 aromatic carbocycles. The molecule has 1 heterocycles. The van der Waals surface area contributed by atoms with Crippen molar-refractivity contribution in [2.24, 2.45) is 0 Å². The number of nitrogens with one attached hydrogen (secondary N) is 1. The van der Waals surface area contributed by atoms with Crippen molar-refractivity contribution in [2.75, 3.05) is 17.6 Å². The molecule has 0 saturated carbocycles. The summed E-state index contributed by atoms with van der Waals surface area (Å²) in [6.07, 6.45) is 3.91. The van der Waals surface area contributed by atoms with E-state index < -0.39 is 16.0 Å². The topological polar surface area (TPSA) is 89.5 Å². The average molecular weight is 365 g/mol. The Labute approximate surface area is 143 Å². The van der Waals surface area contributed by atoms with Gasteiger partial charge in [-0.05, 0) is 41.8 Å². The molecule has 0 atom stereocenters. The van der Waals surface area contributed by atoms with Crippen LogP contribution in [0, 0.1) is 0 Å². The highest BCUT2D eigenvalue weighted by Gasteiger charge is 2.09. The molecule has 2 rings (SSSR count). The summed E-state index contributed by atoms with van der Waals surface area (Å²) in [6, 6.07) is 9.57. The maximum Gasteiger partial charge on any atom is 0.331 e. The van der Waals surface area contributed by atoms with Crippen LogP contribution < -0.4 is 4.72 Å². The van der Waals surface area contributed by atoms with Crippen LogP contribution in [-0.2, 0) is 19.6 Å². The second-order valence-electron chi connectivity index (χ2n) is 4.83. The number of anilines is 1. The third-order valence-corrected chi connectivity index (χ3v) is 4.23.